The van der Waals surface area contributed by atoms with Crippen molar-refractivity contribution in [2.75, 3.05) is 12.3 Å². The normalized spacial score (nSPS) is 10.8. The Bertz CT molecular complexity index is 254. The molecule has 0 unspecified atom stereocenters. The molecule has 1 aromatic rings. The number of aromatic nitrogens is 2. The van der Waals surface area contributed by atoms with Crippen molar-refractivity contribution < 1.29 is 0 Å². The van der Waals surface area contributed by atoms with Gasteiger partial charge in [-0.2, -0.15) is 5.10 Å². The van der Waals surface area contributed by atoms with Crippen molar-refractivity contribution in [2.45, 2.75) is 25.3 Å². The molecule has 0 bridgehead atoms. The molecule has 0 amide bonds. The first-order valence-corrected chi connectivity index (χ1v) is 5.54. The van der Waals surface area contributed by atoms with Gasteiger partial charge in [0.25, 0.3) is 0 Å². The highest BCUT2D eigenvalue weighted by Gasteiger charge is 2.11. The SMILES string of the molecule is CCSc1c(CCN)c(C)nn1C. The molecule has 0 aliphatic heterocycles. The number of hydrogen-bond acceptors (Lipinski definition) is 3. The molecule has 1 aromatic heterocycles. The zero-order chi connectivity index (χ0) is 9.84. The summed E-state index contributed by atoms with van der Waals surface area (Å²) >= 11 is 1.83. The van der Waals surface area contributed by atoms with Crippen molar-refractivity contribution in [3.8, 4) is 0 Å². The van der Waals surface area contributed by atoms with E-state index in [9.17, 15) is 0 Å². The summed E-state index contributed by atoms with van der Waals surface area (Å²) in [6.07, 6.45) is 0.933. The van der Waals surface area contributed by atoms with Crippen LogP contribution in [0.25, 0.3) is 0 Å². The first-order valence-electron chi connectivity index (χ1n) is 4.56. The minimum Gasteiger partial charge on any atom is -0.330 e. The van der Waals surface area contributed by atoms with Crippen LogP contribution in [0.5, 0.6) is 0 Å². The van der Waals surface area contributed by atoms with Gasteiger partial charge in [0.05, 0.1) is 10.7 Å². The van der Waals surface area contributed by atoms with E-state index in [0.717, 1.165) is 17.9 Å². The molecule has 1 heterocycles. The summed E-state index contributed by atoms with van der Waals surface area (Å²) in [6.45, 7) is 4.90. The summed E-state index contributed by atoms with van der Waals surface area (Å²) in [6, 6.07) is 0. The van der Waals surface area contributed by atoms with Gasteiger partial charge in [-0.1, -0.05) is 6.92 Å². The zero-order valence-corrected chi connectivity index (χ0v) is 9.32. The minimum absolute atomic E-state index is 0.698. The van der Waals surface area contributed by atoms with E-state index in [2.05, 4.69) is 12.0 Å². The maximum atomic E-state index is 5.56. The van der Waals surface area contributed by atoms with Crippen LogP contribution in [0.2, 0.25) is 0 Å². The van der Waals surface area contributed by atoms with Gasteiger partial charge in [0.1, 0.15) is 0 Å². The molecule has 0 aliphatic rings. The summed E-state index contributed by atoms with van der Waals surface area (Å²) in [5, 5.41) is 5.66. The molecule has 0 aliphatic carbocycles. The van der Waals surface area contributed by atoms with Crippen molar-refractivity contribution in [1.29, 1.82) is 0 Å². The average molecular weight is 199 g/mol. The van der Waals surface area contributed by atoms with E-state index in [1.807, 2.05) is 30.4 Å². The Morgan fingerprint density at radius 1 is 1.54 bits per heavy atom. The van der Waals surface area contributed by atoms with Gasteiger partial charge in [-0.3, -0.25) is 4.68 Å². The van der Waals surface area contributed by atoms with Crippen LogP contribution in [0.3, 0.4) is 0 Å². The lowest BCUT2D eigenvalue weighted by Gasteiger charge is -2.02. The number of hydrogen-bond donors (Lipinski definition) is 1. The van der Waals surface area contributed by atoms with Crippen LogP contribution in [-0.4, -0.2) is 22.1 Å². The Hall–Kier alpha value is -0.480. The van der Waals surface area contributed by atoms with E-state index in [1.54, 1.807) is 0 Å². The van der Waals surface area contributed by atoms with E-state index in [1.165, 1.54) is 10.6 Å². The third-order valence-corrected chi connectivity index (χ3v) is 3.04. The molecule has 74 valence electrons. The van der Waals surface area contributed by atoms with Gasteiger partial charge >= 0.3 is 0 Å². The molecule has 13 heavy (non-hydrogen) atoms. The molecule has 0 saturated heterocycles. The third-order valence-electron chi connectivity index (χ3n) is 1.96. The molecule has 2 N–H and O–H groups in total. The van der Waals surface area contributed by atoms with E-state index < -0.39 is 0 Å². The van der Waals surface area contributed by atoms with Gasteiger partial charge in [0, 0.05) is 12.6 Å². The van der Waals surface area contributed by atoms with Crippen molar-refractivity contribution in [2.24, 2.45) is 12.8 Å². The van der Waals surface area contributed by atoms with E-state index in [4.69, 9.17) is 5.73 Å². The predicted octanol–water partition coefficient (Wildman–Crippen LogP) is 1.34. The monoisotopic (exact) mass is 199 g/mol. The van der Waals surface area contributed by atoms with Crippen LogP contribution >= 0.6 is 11.8 Å². The van der Waals surface area contributed by atoms with Crippen molar-refractivity contribution >= 4 is 11.8 Å². The highest BCUT2D eigenvalue weighted by atomic mass is 32.2. The smallest absolute Gasteiger partial charge is 0.0971 e. The number of rotatable bonds is 4. The maximum absolute atomic E-state index is 5.56. The molecule has 0 aromatic carbocycles. The summed E-state index contributed by atoms with van der Waals surface area (Å²) < 4.78 is 1.95. The predicted molar refractivity (Wildman–Crippen MR) is 57.1 cm³/mol. The van der Waals surface area contributed by atoms with Crippen LogP contribution in [-0.2, 0) is 13.5 Å². The Balaban J connectivity index is 2.98. The van der Waals surface area contributed by atoms with Gasteiger partial charge in [0.15, 0.2) is 0 Å². The summed E-state index contributed by atoms with van der Waals surface area (Å²) in [5.41, 5.74) is 7.99. The average Bonchev–Trinajstić information content (AvgIpc) is 2.33. The number of nitrogens with two attached hydrogens (primary N) is 1. The van der Waals surface area contributed by atoms with E-state index in [-0.39, 0.29) is 0 Å². The lowest BCUT2D eigenvalue weighted by Crippen LogP contribution is -2.04. The number of nitrogens with zero attached hydrogens (tertiary/aromatic N) is 2. The fourth-order valence-corrected chi connectivity index (χ4v) is 2.36. The van der Waals surface area contributed by atoms with Crippen LogP contribution in [0.4, 0.5) is 0 Å². The second kappa shape index (κ2) is 4.67. The first kappa shape index (κ1) is 10.6. The fraction of sp³-hybridized carbons (Fsp3) is 0.667. The van der Waals surface area contributed by atoms with Crippen molar-refractivity contribution in [3.63, 3.8) is 0 Å². The molecular formula is C9H17N3S. The lowest BCUT2D eigenvalue weighted by atomic mass is 10.2. The quantitative estimate of drug-likeness (QED) is 0.744. The zero-order valence-electron chi connectivity index (χ0n) is 8.50. The Morgan fingerprint density at radius 2 is 2.23 bits per heavy atom. The summed E-state index contributed by atoms with van der Waals surface area (Å²) in [4.78, 5) is 0. The van der Waals surface area contributed by atoms with Crippen LogP contribution in [0.1, 0.15) is 18.2 Å². The standard InChI is InChI=1S/C9H17N3S/c1-4-13-9-8(5-6-10)7(2)11-12(9)3/h4-6,10H2,1-3H3. The molecule has 0 saturated carbocycles. The Labute approximate surface area is 83.7 Å². The van der Waals surface area contributed by atoms with Crippen LogP contribution < -0.4 is 5.73 Å². The fourth-order valence-electron chi connectivity index (χ4n) is 1.43. The molecule has 0 fully saturated rings. The first-order chi connectivity index (χ1) is 6.20. The Morgan fingerprint density at radius 3 is 2.77 bits per heavy atom. The topological polar surface area (TPSA) is 43.8 Å². The molecule has 3 nitrogen and oxygen atoms in total. The third kappa shape index (κ3) is 2.25. The van der Waals surface area contributed by atoms with Crippen LogP contribution in [0, 0.1) is 6.92 Å². The maximum Gasteiger partial charge on any atom is 0.0971 e. The summed E-state index contributed by atoms with van der Waals surface area (Å²) in [5.74, 6) is 1.08. The second-order valence-corrected chi connectivity index (χ2v) is 4.22. The van der Waals surface area contributed by atoms with Gasteiger partial charge in [-0.25, -0.2) is 0 Å². The van der Waals surface area contributed by atoms with E-state index in [0.29, 0.717) is 6.54 Å². The lowest BCUT2D eigenvalue weighted by molar-refractivity contribution is 0.688. The van der Waals surface area contributed by atoms with Crippen molar-refractivity contribution in [3.05, 3.63) is 11.3 Å². The summed E-state index contributed by atoms with van der Waals surface area (Å²) in [7, 11) is 1.99. The molecule has 0 spiro atoms. The number of thioether (sulfide) groups is 1. The molecule has 1 rings (SSSR count). The molecular weight excluding hydrogens is 182 g/mol. The van der Waals surface area contributed by atoms with Crippen LogP contribution in [0.15, 0.2) is 5.03 Å². The minimum atomic E-state index is 0.698. The van der Waals surface area contributed by atoms with Crippen molar-refractivity contribution in [1.82, 2.24) is 9.78 Å². The number of aryl methyl sites for hydroxylation is 2. The molecule has 0 atom stereocenters. The Kier molecular flexibility index (Phi) is 3.81. The largest absolute Gasteiger partial charge is 0.330 e. The highest BCUT2D eigenvalue weighted by molar-refractivity contribution is 7.99. The van der Waals surface area contributed by atoms with Gasteiger partial charge in [0.2, 0.25) is 0 Å². The molecule has 0 radical (unpaired) electrons. The van der Waals surface area contributed by atoms with Gasteiger partial charge < -0.3 is 5.73 Å². The highest BCUT2D eigenvalue weighted by Crippen LogP contribution is 2.24. The molecule has 4 heteroatoms. The van der Waals surface area contributed by atoms with E-state index >= 15 is 0 Å². The van der Waals surface area contributed by atoms with Gasteiger partial charge in [-0.15, -0.1) is 11.8 Å². The second-order valence-electron chi connectivity index (χ2n) is 2.96. The van der Waals surface area contributed by atoms with Gasteiger partial charge in [-0.05, 0) is 25.6 Å².